The van der Waals surface area contributed by atoms with Gasteiger partial charge in [-0.15, -0.1) is 0 Å². The molecule has 2 aromatic carbocycles. The van der Waals surface area contributed by atoms with Crippen molar-refractivity contribution in [3.8, 4) is 23.0 Å². The molecule has 0 unspecified atom stereocenters. The van der Waals surface area contributed by atoms with Crippen LogP contribution in [-0.4, -0.2) is 44.7 Å². The standard InChI is InChI=1S/C22H22N2O6/c1-3-8-27-17-6-4-14(11-19(17)26-2)16-13-21(30-24-16)22(25)23-15-5-7-18-20(12-15)29-10-9-28-18/h3-7,11-12,21H,1,8-10,13H2,2H3,(H,23,25)/t21-/m1/s1. The molecule has 1 N–H and O–H groups in total. The van der Waals surface area contributed by atoms with E-state index in [0.717, 1.165) is 5.56 Å². The van der Waals surface area contributed by atoms with E-state index < -0.39 is 6.10 Å². The zero-order valence-electron chi connectivity index (χ0n) is 16.6. The fraction of sp³-hybridized carbons (Fsp3) is 0.273. The summed E-state index contributed by atoms with van der Waals surface area (Å²) in [6.45, 7) is 5.01. The van der Waals surface area contributed by atoms with E-state index in [1.54, 1.807) is 37.5 Å². The molecule has 2 aliphatic heterocycles. The number of carbonyl (C=O) groups is 1. The van der Waals surface area contributed by atoms with Gasteiger partial charge in [0, 0.05) is 23.7 Å². The lowest BCUT2D eigenvalue weighted by Gasteiger charge is -2.19. The molecule has 156 valence electrons. The maximum Gasteiger partial charge on any atom is 0.268 e. The van der Waals surface area contributed by atoms with Crippen molar-refractivity contribution in [3.05, 3.63) is 54.6 Å². The molecule has 0 spiro atoms. The number of carbonyl (C=O) groups excluding carboxylic acids is 1. The van der Waals surface area contributed by atoms with Crippen molar-refractivity contribution in [1.82, 2.24) is 0 Å². The minimum absolute atomic E-state index is 0.289. The van der Waals surface area contributed by atoms with Crippen molar-refractivity contribution in [2.24, 2.45) is 5.16 Å². The van der Waals surface area contributed by atoms with Crippen LogP contribution in [0.4, 0.5) is 5.69 Å². The lowest BCUT2D eigenvalue weighted by atomic mass is 10.0. The van der Waals surface area contributed by atoms with Crippen LogP contribution in [0.5, 0.6) is 23.0 Å². The molecule has 8 heteroatoms. The van der Waals surface area contributed by atoms with Gasteiger partial charge in [0.1, 0.15) is 19.8 Å². The smallest absolute Gasteiger partial charge is 0.268 e. The lowest BCUT2D eigenvalue weighted by molar-refractivity contribution is -0.125. The highest BCUT2D eigenvalue weighted by molar-refractivity contribution is 6.06. The van der Waals surface area contributed by atoms with Gasteiger partial charge in [-0.2, -0.15) is 0 Å². The van der Waals surface area contributed by atoms with Gasteiger partial charge in [-0.05, 0) is 30.3 Å². The van der Waals surface area contributed by atoms with Gasteiger partial charge in [0.2, 0.25) is 6.10 Å². The SMILES string of the molecule is C=CCOc1ccc(C2=NO[C@@H](C(=O)Nc3ccc4c(c3)OCCO4)C2)cc1OC. The zero-order valence-corrected chi connectivity index (χ0v) is 16.6. The molecule has 2 aromatic rings. The van der Waals surface area contributed by atoms with Gasteiger partial charge in [0.15, 0.2) is 23.0 Å². The molecule has 0 radical (unpaired) electrons. The first-order chi connectivity index (χ1) is 14.7. The normalized spacial score (nSPS) is 16.8. The van der Waals surface area contributed by atoms with E-state index >= 15 is 0 Å². The highest BCUT2D eigenvalue weighted by Gasteiger charge is 2.29. The Bertz CT molecular complexity index is 988. The quantitative estimate of drug-likeness (QED) is 0.706. The van der Waals surface area contributed by atoms with Gasteiger partial charge in [0.25, 0.3) is 5.91 Å². The predicted molar refractivity (Wildman–Crippen MR) is 111 cm³/mol. The molecule has 1 amide bonds. The van der Waals surface area contributed by atoms with Gasteiger partial charge >= 0.3 is 0 Å². The van der Waals surface area contributed by atoms with Gasteiger partial charge in [-0.25, -0.2) is 0 Å². The third-order valence-corrected chi connectivity index (χ3v) is 4.62. The van der Waals surface area contributed by atoms with Crippen LogP contribution in [0.3, 0.4) is 0 Å². The number of ether oxygens (including phenoxy) is 4. The van der Waals surface area contributed by atoms with Crippen LogP contribution in [0.15, 0.2) is 54.2 Å². The van der Waals surface area contributed by atoms with Crippen molar-refractivity contribution in [3.63, 3.8) is 0 Å². The third kappa shape index (κ3) is 4.17. The van der Waals surface area contributed by atoms with E-state index in [1.807, 2.05) is 12.1 Å². The Kier molecular flexibility index (Phi) is 5.74. The number of rotatable bonds is 7. The monoisotopic (exact) mass is 410 g/mol. The van der Waals surface area contributed by atoms with Crippen molar-refractivity contribution in [2.75, 3.05) is 32.2 Å². The van der Waals surface area contributed by atoms with E-state index in [-0.39, 0.29) is 5.91 Å². The number of hydrogen-bond donors (Lipinski definition) is 1. The van der Waals surface area contributed by atoms with Gasteiger partial charge in [0.05, 0.1) is 12.8 Å². The van der Waals surface area contributed by atoms with Crippen LogP contribution < -0.4 is 24.3 Å². The van der Waals surface area contributed by atoms with Gasteiger partial charge in [-0.1, -0.05) is 17.8 Å². The number of amides is 1. The van der Waals surface area contributed by atoms with Gasteiger partial charge < -0.3 is 29.1 Å². The molecule has 0 bridgehead atoms. The number of fused-ring (bicyclic) bond motifs is 1. The van der Waals surface area contributed by atoms with Crippen molar-refractivity contribution in [1.29, 1.82) is 0 Å². The molecule has 2 heterocycles. The Labute approximate surface area is 174 Å². The molecule has 8 nitrogen and oxygen atoms in total. The third-order valence-electron chi connectivity index (χ3n) is 4.62. The second kappa shape index (κ2) is 8.77. The Hall–Kier alpha value is -3.68. The zero-order chi connectivity index (χ0) is 20.9. The summed E-state index contributed by atoms with van der Waals surface area (Å²) in [5.74, 6) is 2.16. The van der Waals surface area contributed by atoms with Crippen molar-refractivity contribution in [2.45, 2.75) is 12.5 Å². The second-order valence-corrected chi connectivity index (χ2v) is 6.65. The molecule has 0 aromatic heterocycles. The van der Waals surface area contributed by atoms with Gasteiger partial charge in [-0.3, -0.25) is 4.79 Å². The van der Waals surface area contributed by atoms with E-state index in [1.165, 1.54) is 0 Å². The first-order valence-corrected chi connectivity index (χ1v) is 9.53. The first-order valence-electron chi connectivity index (χ1n) is 9.53. The average Bonchev–Trinajstić information content (AvgIpc) is 3.28. The number of oxime groups is 1. The number of methoxy groups -OCH3 is 1. The number of anilines is 1. The largest absolute Gasteiger partial charge is 0.493 e. The summed E-state index contributed by atoms with van der Waals surface area (Å²) in [7, 11) is 1.57. The molecule has 2 aliphatic rings. The Morgan fingerprint density at radius 1 is 1.20 bits per heavy atom. The highest BCUT2D eigenvalue weighted by Crippen LogP contribution is 2.33. The van der Waals surface area contributed by atoms with Crippen LogP contribution in [-0.2, 0) is 9.63 Å². The number of hydrogen-bond acceptors (Lipinski definition) is 7. The second-order valence-electron chi connectivity index (χ2n) is 6.65. The minimum atomic E-state index is -0.726. The molecular weight excluding hydrogens is 388 g/mol. The summed E-state index contributed by atoms with van der Waals surface area (Å²) >= 11 is 0. The molecule has 30 heavy (non-hydrogen) atoms. The molecule has 0 saturated heterocycles. The van der Waals surface area contributed by atoms with Crippen LogP contribution in [0, 0.1) is 0 Å². The summed E-state index contributed by atoms with van der Waals surface area (Å²) in [4.78, 5) is 18.0. The lowest BCUT2D eigenvalue weighted by Crippen LogP contribution is -2.28. The molecule has 1 atom stereocenters. The number of nitrogens with zero attached hydrogens (tertiary/aromatic N) is 1. The van der Waals surface area contributed by atoms with Crippen LogP contribution in [0.25, 0.3) is 0 Å². The first kappa shape index (κ1) is 19.6. The van der Waals surface area contributed by atoms with Crippen LogP contribution >= 0.6 is 0 Å². The molecule has 0 aliphatic carbocycles. The molecule has 4 rings (SSSR count). The van der Waals surface area contributed by atoms with E-state index in [4.69, 9.17) is 23.8 Å². The minimum Gasteiger partial charge on any atom is -0.493 e. The number of benzene rings is 2. The summed E-state index contributed by atoms with van der Waals surface area (Å²) in [5.41, 5.74) is 2.06. The van der Waals surface area contributed by atoms with Crippen LogP contribution in [0.2, 0.25) is 0 Å². The number of nitrogens with one attached hydrogen (secondary N) is 1. The maximum absolute atomic E-state index is 12.6. The Balaban J connectivity index is 1.40. The maximum atomic E-state index is 12.6. The highest BCUT2D eigenvalue weighted by atomic mass is 16.6. The molecular formula is C22H22N2O6. The fourth-order valence-corrected chi connectivity index (χ4v) is 3.15. The summed E-state index contributed by atoms with van der Waals surface area (Å²) < 4.78 is 22.0. The average molecular weight is 410 g/mol. The predicted octanol–water partition coefficient (Wildman–Crippen LogP) is 3.16. The van der Waals surface area contributed by atoms with Crippen molar-refractivity contribution < 1.29 is 28.6 Å². The summed E-state index contributed by atoms with van der Waals surface area (Å²) in [6, 6.07) is 10.7. The van der Waals surface area contributed by atoms with Crippen molar-refractivity contribution >= 4 is 17.3 Å². The summed E-state index contributed by atoms with van der Waals surface area (Å²) in [5, 5.41) is 6.92. The van der Waals surface area contributed by atoms with E-state index in [2.05, 4.69) is 17.1 Å². The fourth-order valence-electron chi connectivity index (χ4n) is 3.15. The molecule has 0 saturated carbocycles. The van der Waals surface area contributed by atoms with E-state index in [9.17, 15) is 4.79 Å². The Morgan fingerprint density at radius 2 is 2.03 bits per heavy atom. The summed E-state index contributed by atoms with van der Waals surface area (Å²) in [6.07, 6.45) is 1.27. The topological polar surface area (TPSA) is 87.6 Å². The molecule has 0 fully saturated rings. The Morgan fingerprint density at radius 3 is 2.83 bits per heavy atom. The van der Waals surface area contributed by atoms with Crippen LogP contribution in [0.1, 0.15) is 12.0 Å². The van der Waals surface area contributed by atoms with E-state index in [0.29, 0.717) is 60.6 Å².